The number of pyridine rings is 1. The van der Waals surface area contributed by atoms with Crippen molar-refractivity contribution in [1.29, 1.82) is 5.26 Å². The number of nitrogens with two attached hydrogens (primary N) is 1. The maximum Gasteiger partial charge on any atom is 0.158 e. The van der Waals surface area contributed by atoms with E-state index in [1.54, 1.807) is 0 Å². The number of hydrogen-bond acceptors (Lipinski definition) is 4. The minimum absolute atomic E-state index is 0.339. The van der Waals surface area contributed by atoms with E-state index in [-0.39, 0.29) is 0 Å². The molecule has 3 N–H and O–H groups in total. The number of hydrogen-bond donors (Lipinski definition) is 2. The summed E-state index contributed by atoms with van der Waals surface area (Å²) in [6.45, 7) is 0. The predicted molar refractivity (Wildman–Crippen MR) is 41.8 cm³/mol. The third-order valence-electron chi connectivity index (χ3n) is 1.11. The number of nitrogens with zero attached hydrogens (tertiary/aromatic N) is 2. The Morgan fingerprint density at radius 2 is 2.45 bits per heavy atom. The smallest absolute Gasteiger partial charge is 0.158 e. The second kappa shape index (κ2) is 3.19. The average Bonchev–Trinajstić information content (AvgIpc) is 2.04. The zero-order valence-electron chi connectivity index (χ0n) is 5.50. The average molecular weight is 169 g/mol. The summed E-state index contributed by atoms with van der Waals surface area (Å²) >= 11 is 5.65. The second-order valence-corrected chi connectivity index (χ2v) is 2.22. The van der Waals surface area contributed by atoms with E-state index in [9.17, 15) is 0 Å². The summed E-state index contributed by atoms with van der Waals surface area (Å²) in [6, 6.07) is 3.39. The van der Waals surface area contributed by atoms with Crippen LogP contribution in [0, 0.1) is 11.3 Å². The van der Waals surface area contributed by atoms with Crippen molar-refractivity contribution in [2.75, 3.05) is 5.43 Å². The molecule has 1 aromatic heterocycles. The fourth-order valence-electron chi connectivity index (χ4n) is 0.605. The third-order valence-corrected chi connectivity index (χ3v) is 1.40. The van der Waals surface area contributed by atoms with Crippen molar-refractivity contribution in [3.63, 3.8) is 0 Å². The number of hydrazine groups is 1. The van der Waals surface area contributed by atoms with Crippen LogP contribution in [0.15, 0.2) is 12.3 Å². The monoisotopic (exact) mass is 168 g/mol. The van der Waals surface area contributed by atoms with Gasteiger partial charge in [0.05, 0.1) is 10.6 Å². The van der Waals surface area contributed by atoms with Crippen LogP contribution in [0.25, 0.3) is 0 Å². The van der Waals surface area contributed by atoms with Crippen LogP contribution in [0.2, 0.25) is 5.02 Å². The zero-order valence-corrected chi connectivity index (χ0v) is 6.26. The molecular weight excluding hydrogens is 164 g/mol. The van der Waals surface area contributed by atoms with Crippen LogP contribution in [0.3, 0.4) is 0 Å². The first-order valence-electron chi connectivity index (χ1n) is 2.80. The molecule has 11 heavy (non-hydrogen) atoms. The lowest BCUT2D eigenvalue weighted by atomic mass is 10.3. The van der Waals surface area contributed by atoms with E-state index in [1.165, 1.54) is 12.3 Å². The van der Waals surface area contributed by atoms with E-state index in [0.29, 0.717) is 16.4 Å². The fourth-order valence-corrected chi connectivity index (χ4v) is 0.826. The SMILES string of the molecule is N#Cc1cnc(NN)c(Cl)c1. The zero-order chi connectivity index (χ0) is 8.27. The van der Waals surface area contributed by atoms with Gasteiger partial charge < -0.3 is 5.43 Å². The van der Waals surface area contributed by atoms with Crippen LogP contribution >= 0.6 is 11.6 Å². The Labute approximate surface area is 68.6 Å². The van der Waals surface area contributed by atoms with Crippen molar-refractivity contribution in [2.24, 2.45) is 5.84 Å². The van der Waals surface area contributed by atoms with Crippen LogP contribution in [0.1, 0.15) is 5.56 Å². The standard InChI is InChI=1S/C6H5ClN4/c7-5-1-4(2-8)3-10-6(5)11-9/h1,3H,9H2,(H,10,11). The summed E-state index contributed by atoms with van der Waals surface area (Å²) in [4.78, 5) is 3.78. The number of nitrogens with one attached hydrogen (secondary N) is 1. The van der Waals surface area contributed by atoms with Gasteiger partial charge in [-0.1, -0.05) is 11.6 Å². The number of nitrogen functional groups attached to an aromatic ring is 1. The Hall–Kier alpha value is -1.31. The van der Waals surface area contributed by atoms with Gasteiger partial charge in [0.15, 0.2) is 5.82 Å². The van der Waals surface area contributed by atoms with Crippen molar-refractivity contribution in [2.45, 2.75) is 0 Å². The maximum atomic E-state index is 8.43. The van der Waals surface area contributed by atoms with Crippen LogP contribution in [0.5, 0.6) is 0 Å². The molecule has 1 rings (SSSR count). The van der Waals surface area contributed by atoms with E-state index < -0.39 is 0 Å². The van der Waals surface area contributed by atoms with E-state index in [1.807, 2.05) is 6.07 Å². The molecule has 0 aromatic carbocycles. The number of aromatic nitrogens is 1. The Kier molecular flexibility index (Phi) is 2.26. The molecule has 5 heteroatoms. The van der Waals surface area contributed by atoms with E-state index in [2.05, 4.69) is 10.4 Å². The largest absolute Gasteiger partial charge is 0.307 e. The fraction of sp³-hybridized carbons (Fsp3) is 0. The summed E-state index contributed by atoms with van der Waals surface area (Å²) in [6.07, 6.45) is 1.39. The maximum absolute atomic E-state index is 8.43. The highest BCUT2D eigenvalue weighted by molar-refractivity contribution is 6.32. The highest BCUT2D eigenvalue weighted by Gasteiger charge is 1.99. The summed E-state index contributed by atoms with van der Waals surface area (Å²) in [5.41, 5.74) is 2.71. The van der Waals surface area contributed by atoms with Gasteiger partial charge >= 0.3 is 0 Å². The van der Waals surface area contributed by atoms with Crippen molar-refractivity contribution in [3.8, 4) is 6.07 Å². The molecule has 0 spiro atoms. The van der Waals surface area contributed by atoms with Gasteiger partial charge in [0.2, 0.25) is 0 Å². The molecule has 0 aliphatic carbocycles. The van der Waals surface area contributed by atoms with Gasteiger partial charge in [-0.25, -0.2) is 10.8 Å². The van der Waals surface area contributed by atoms with Gasteiger partial charge in [-0.15, -0.1) is 0 Å². The second-order valence-electron chi connectivity index (χ2n) is 1.81. The van der Waals surface area contributed by atoms with Gasteiger partial charge in [0.1, 0.15) is 6.07 Å². The molecule has 4 nitrogen and oxygen atoms in total. The quantitative estimate of drug-likeness (QED) is 0.483. The van der Waals surface area contributed by atoms with Crippen molar-refractivity contribution in [1.82, 2.24) is 4.98 Å². The summed E-state index contributed by atoms with van der Waals surface area (Å²) in [5.74, 6) is 5.43. The lowest BCUT2D eigenvalue weighted by molar-refractivity contribution is 1.22. The molecule has 1 heterocycles. The van der Waals surface area contributed by atoms with Crippen LogP contribution < -0.4 is 11.3 Å². The summed E-state index contributed by atoms with van der Waals surface area (Å²) in [5, 5.41) is 8.76. The molecule has 0 saturated carbocycles. The van der Waals surface area contributed by atoms with E-state index in [0.717, 1.165) is 0 Å². The van der Waals surface area contributed by atoms with Crippen molar-refractivity contribution >= 4 is 17.4 Å². The van der Waals surface area contributed by atoms with Crippen LogP contribution in [-0.4, -0.2) is 4.98 Å². The van der Waals surface area contributed by atoms with Gasteiger partial charge in [-0.3, -0.25) is 0 Å². The van der Waals surface area contributed by atoms with Gasteiger partial charge in [-0.2, -0.15) is 5.26 Å². The summed E-state index contributed by atoms with van der Waals surface area (Å²) < 4.78 is 0. The highest BCUT2D eigenvalue weighted by atomic mass is 35.5. The summed E-state index contributed by atoms with van der Waals surface area (Å²) in [7, 11) is 0. The van der Waals surface area contributed by atoms with Crippen LogP contribution in [0.4, 0.5) is 5.82 Å². The van der Waals surface area contributed by atoms with Crippen molar-refractivity contribution < 1.29 is 0 Å². The van der Waals surface area contributed by atoms with Crippen molar-refractivity contribution in [3.05, 3.63) is 22.8 Å². The molecule has 0 bridgehead atoms. The third kappa shape index (κ3) is 1.58. The molecule has 0 amide bonds. The van der Waals surface area contributed by atoms with Gasteiger partial charge in [0.25, 0.3) is 0 Å². The van der Waals surface area contributed by atoms with Gasteiger partial charge in [-0.05, 0) is 6.07 Å². The molecule has 0 atom stereocenters. The Bertz CT molecular complexity index is 304. The topological polar surface area (TPSA) is 74.7 Å². The lowest BCUT2D eigenvalue weighted by Gasteiger charge is -1.99. The molecule has 0 radical (unpaired) electrons. The first kappa shape index (κ1) is 7.79. The van der Waals surface area contributed by atoms with Gasteiger partial charge in [0, 0.05) is 6.20 Å². The first-order valence-corrected chi connectivity index (χ1v) is 3.18. The number of rotatable bonds is 1. The Morgan fingerprint density at radius 1 is 1.73 bits per heavy atom. The minimum atomic E-state index is 0.339. The molecular formula is C6H5ClN4. The molecule has 0 aliphatic rings. The minimum Gasteiger partial charge on any atom is -0.307 e. The lowest BCUT2D eigenvalue weighted by Crippen LogP contribution is -2.08. The molecule has 0 fully saturated rings. The molecule has 56 valence electrons. The highest BCUT2D eigenvalue weighted by Crippen LogP contribution is 2.17. The molecule has 0 unspecified atom stereocenters. The van der Waals surface area contributed by atoms with E-state index >= 15 is 0 Å². The Morgan fingerprint density at radius 3 is 2.91 bits per heavy atom. The first-order chi connectivity index (χ1) is 5.27. The molecule has 0 saturated heterocycles. The van der Waals surface area contributed by atoms with E-state index in [4.69, 9.17) is 22.7 Å². The molecule has 1 aromatic rings. The number of halogens is 1. The predicted octanol–water partition coefficient (Wildman–Crippen LogP) is 0.892. The van der Waals surface area contributed by atoms with Crippen LogP contribution in [-0.2, 0) is 0 Å². The number of nitriles is 1. The Balaban J connectivity index is 3.12. The normalized spacial score (nSPS) is 8.82. The molecule has 0 aliphatic heterocycles. The number of anilines is 1.